The number of anilines is 2. The lowest BCUT2D eigenvalue weighted by Gasteiger charge is -2.30. The maximum atomic E-state index is 13.1. The molecule has 2 aliphatic heterocycles. The molecule has 0 fully saturated rings. The fraction of sp³-hybridized carbons (Fsp3) is 0.259. The number of nitrogens with one attached hydrogen (secondary N) is 1. The minimum absolute atomic E-state index is 0.0916. The van der Waals surface area contributed by atoms with Crippen molar-refractivity contribution in [1.29, 1.82) is 0 Å². The molecule has 3 aromatic heterocycles. The Bertz CT molecular complexity index is 1730. The summed E-state index contributed by atoms with van der Waals surface area (Å²) in [4.78, 5) is 27.8. The quantitative estimate of drug-likeness (QED) is 0.384. The van der Waals surface area contributed by atoms with E-state index in [9.17, 15) is 22.0 Å². The topological polar surface area (TPSA) is 124 Å². The Balaban J connectivity index is 1.21. The molecule has 6 rings (SSSR count). The number of alkyl halides is 2. The fourth-order valence-electron chi connectivity index (χ4n) is 4.62. The van der Waals surface area contributed by atoms with Crippen LogP contribution in [0.5, 0.6) is 5.75 Å². The predicted molar refractivity (Wildman–Crippen MR) is 141 cm³/mol. The number of rotatable bonds is 5. The molecule has 1 aromatic carbocycles. The maximum Gasteiger partial charge on any atom is 0.280 e. The number of aromatic nitrogens is 3. The molecule has 1 N–H and O–H groups in total. The molecule has 10 nitrogen and oxygen atoms in total. The van der Waals surface area contributed by atoms with E-state index < -0.39 is 22.2 Å². The highest BCUT2D eigenvalue weighted by molar-refractivity contribution is 7.91. The number of ether oxygens (including phenoxy) is 2. The van der Waals surface area contributed by atoms with Crippen molar-refractivity contribution in [2.45, 2.75) is 24.5 Å². The summed E-state index contributed by atoms with van der Waals surface area (Å²) in [5, 5.41) is 3.56. The van der Waals surface area contributed by atoms with Crippen LogP contribution in [0, 0.1) is 0 Å². The number of hydrogen-bond donors (Lipinski definition) is 1. The van der Waals surface area contributed by atoms with E-state index in [1.807, 2.05) is 11.0 Å². The van der Waals surface area contributed by atoms with Gasteiger partial charge in [0.15, 0.2) is 9.84 Å². The third-order valence-electron chi connectivity index (χ3n) is 6.69. The van der Waals surface area contributed by atoms with Gasteiger partial charge in [0.2, 0.25) is 0 Å². The van der Waals surface area contributed by atoms with Crippen LogP contribution in [0.25, 0.3) is 10.9 Å². The molecule has 0 saturated carbocycles. The lowest BCUT2D eigenvalue weighted by atomic mass is 10.1. The highest BCUT2D eigenvalue weighted by Gasteiger charge is 2.25. The zero-order valence-electron chi connectivity index (χ0n) is 21.0. The number of nitrogens with zero attached hydrogens (tertiary/aromatic N) is 4. The summed E-state index contributed by atoms with van der Waals surface area (Å²) in [6.45, 7) is 1.13. The van der Waals surface area contributed by atoms with Gasteiger partial charge in [-0.05, 0) is 35.9 Å². The first-order chi connectivity index (χ1) is 19.3. The van der Waals surface area contributed by atoms with E-state index in [0.29, 0.717) is 47.2 Å². The molecule has 40 heavy (non-hydrogen) atoms. The number of fused-ring (bicyclic) bond motifs is 3. The zero-order valence-corrected chi connectivity index (χ0v) is 21.8. The van der Waals surface area contributed by atoms with Crippen molar-refractivity contribution in [2.75, 3.05) is 30.4 Å². The Kier molecular flexibility index (Phi) is 6.76. The molecule has 1 amide bonds. The second kappa shape index (κ2) is 10.4. The third kappa shape index (κ3) is 5.05. The smallest absolute Gasteiger partial charge is 0.280 e. The molecule has 0 radical (unpaired) electrons. The Morgan fingerprint density at radius 2 is 1.95 bits per heavy atom. The van der Waals surface area contributed by atoms with E-state index in [1.165, 1.54) is 18.3 Å². The lowest BCUT2D eigenvalue weighted by molar-refractivity contribution is 0.0950. The van der Waals surface area contributed by atoms with Gasteiger partial charge in [-0.15, -0.1) is 0 Å². The van der Waals surface area contributed by atoms with Gasteiger partial charge in [-0.25, -0.2) is 22.2 Å². The molecule has 0 bridgehead atoms. The van der Waals surface area contributed by atoms with E-state index in [1.54, 1.807) is 30.5 Å². The highest BCUT2D eigenvalue weighted by Crippen LogP contribution is 2.37. The van der Waals surface area contributed by atoms with Crippen LogP contribution in [-0.4, -0.2) is 54.8 Å². The number of benzene rings is 1. The van der Waals surface area contributed by atoms with E-state index in [0.717, 1.165) is 5.39 Å². The summed E-state index contributed by atoms with van der Waals surface area (Å²) in [5.41, 5.74) is 2.11. The number of hydrogen-bond acceptors (Lipinski definition) is 9. The van der Waals surface area contributed by atoms with Crippen LogP contribution in [-0.2, 0) is 27.7 Å². The second-order valence-corrected chi connectivity index (χ2v) is 11.4. The van der Waals surface area contributed by atoms with Crippen LogP contribution in [0.2, 0.25) is 0 Å². The van der Waals surface area contributed by atoms with E-state index in [4.69, 9.17) is 14.5 Å². The summed E-state index contributed by atoms with van der Waals surface area (Å²) in [6, 6.07) is 11.2. The van der Waals surface area contributed by atoms with Gasteiger partial charge in [-0.2, -0.15) is 0 Å². The van der Waals surface area contributed by atoms with Gasteiger partial charge in [0.1, 0.15) is 29.6 Å². The SMILES string of the molecule is O=C(NCc1cc2nc(N3CCOc4cc(C(F)F)ncc43)ccc2cn1)c1ccc2c(c1)S(=O)(=O)CCOC2. The van der Waals surface area contributed by atoms with Crippen LogP contribution in [0.3, 0.4) is 0 Å². The largest absolute Gasteiger partial charge is 0.489 e. The lowest BCUT2D eigenvalue weighted by Crippen LogP contribution is -2.29. The van der Waals surface area contributed by atoms with Crippen molar-refractivity contribution in [3.63, 3.8) is 0 Å². The molecule has 206 valence electrons. The average molecular weight is 568 g/mol. The summed E-state index contributed by atoms with van der Waals surface area (Å²) < 4.78 is 62.2. The van der Waals surface area contributed by atoms with Crippen LogP contribution < -0.4 is 15.0 Å². The number of halogens is 2. The summed E-state index contributed by atoms with van der Waals surface area (Å²) in [6.07, 6.45) is 0.302. The first kappa shape index (κ1) is 26.0. The maximum absolute atomic E-state index is 13.1. The van der Waals surface area contributed by atoms with Gasteiger partial charge in [0.25, 0.3) is 12.3 Å². The first-order valence-corrected chi connectivity index (χ1v) is 14.1. The Labute approximate surface area is 227 Å². The Morgan fingerprint density at radius 3 is 2.80 bits per heavy atom. The van der Waals surface area contributed by atoms with Crippen molar-refractivity contribution in [1.82, 2.24) is 20.3 Å². The van der Waals surface area contributed by atoms with Crippen molar-refractivity contribution in [2.24, 2.45) is 0 Å². The fourth-order valence-corrected chi connectivity index (χ4v) is 6.01. The number of pyridine rings is 3. The van der Waals surface area contributed by atoms with Gasteiger partial charge in [0, 0.05) is 23.2 Å². The van der Waals surface area contributed by atoms with E-state index in [-0.39, 0.29) is 41.7 Å². The van der Waals surface area contributed by atoms with E-state index >= 15 is 0 Å². The van der Waals surface area contributed by atoms with Gasteiger partial charge >= 0.3 is 0 Å². The van der Waals surface area contributed by atoms with Gasteiger partial charge < -0.3 is 19.7 Å². The normalized spacial score (nSPS) is 16.1. The second-order valence-electron chi connectivity index (χ2n) is 9.29. The summed E-state index contributed by atoms with van der Waals surface area (Å²) in [7, 11) is -3.54. The predicted octanol–water partition coefficient (Wildman–Crippen LogP) is 3.73. The first-order valence-electron chi connectivity index (χ1n) is 12.4. The van der Waals surface area contributed by atoms with Crippen molar-refractivity contribution < 1.29 is 31.5 Å². The molecule has 0 saturated heterocycles. The molecule has 13 heteroatoms. The van der Waals surface area contributed by atoms with Crippen LogP contribution in [0.1, 0.15) is 33.7 Å². The van der Waals surface area contributed by atoms with Crippen LogP contribution in [0.15, 0.2) is 59.8 Å². The van der Waals surface area contributed by atoms with Crippen molar-refractivity contribution >= 4 is 38.2 Å². The highest BCUT2D eigenvalue weighted by atomic mass is 32.2. The van der Waals surface area contributed by atoms with Crippen molar-refractivity contribution in [3.05, 3.63) is 77.4 Å². The third-order valence-corrected chi connectivity index (χ3v) is 8.45. The monoisotopic (exact) mass is 567 g/mol. The van der Waals surface area contributed by atoms with E-state index in [2.05, 4.69) is 15.3 Å². The van der Waals surface area contributed by atoms with Gasteiger partial charge in [-0.3, -0.25) is 14.8 Å². The number of sulfone groups is 1. The molecule has 2 aliphatic rings. The number of carbonyl (C=O) groups excluding carboxylic acids is 1. The molecule has 0 atom stereocenters. The molecule has 4 aromatic rings. The molecule has 0 spiro atoms. The van der Waals surface area contributed by atoms with Gasteiger partial charge in [0.05, 0.1) is 54.4 Å². The van der Waals surface area contributed by atoms with Crippen molar-refractivity contribution in [3.8, 4) is 5.75 Å². The summed E-state index contributed by atoms with van der Waals surface area (Å²) in [5.74, 6) is 0.326. The molecular formula is C27H23F2N5O5S. The minimum atomic E-state index is -3.54. The Morgan fingerprint density at radius 1 is 1.07 bits per heavy atom. The minimum Gasteiger partial charge on any atom is -0.489 e. The molecule has 0 unspecified atom stereocenters. The Hall–Kier alpha value is -4.23. The average Bonchev–Trinajstić information content (AvgIpc) is 3.11. The standard InChI is InChI=1S/C27H23F2N5O5S/c28-26(29)21-11-23-22(14-31-21)34(5-6-39-23)25-4-3-17-12-30-19(10-20(17)33-25)13-32-27(35)16-1-2-18-15-38-7-8-40(36,37)24(18)9-16/h1-4,9-12,14,26H,5-8,13,15H2,(H,32,35). The molecule has 0 aliphatic carbocycles. The van der Waals surface area contributed by atoms with Crippen LogP contribution >= 0.6 is 0 Å². The van der Waals surface area contributed by atoms with Gasteiger partial charge in [-0.1, -0.05) is 6.07 Å². The number of amides is 1. The summed E-state index contributed by atoms with van der Waals surface area (Å²) >= 11 is 0. The van der Waals surface area contributed by atoms with Crippen LogP contribution in [0.4, 0.5) is 20.3 Å². The molecule has 5 heterocycles. The zero-order chi connectivity index (χ0) is 27.9. The molecular weight excluding hydrogens is 544 g/mol. The number of carbonyl (C=O) groups is 1.